The van der Waals surface area contributed by atoms with E-state index in [9.17, 15) is 4.79 Å². The summed E-state index contributed by atoms with van der Waals surface area (Å²) in [6.07, 6.45) is 8.17. The van der Waals surface area contributed by atoms with Crippen molar-refractivity contribution in [2.45, 2.75) is 51.9 Å². The molecule has 2 aromatic heterocycles. The second-order valence-electron chi connectivity index (χ2n) is 8.35. The molecule has 5 heteroatoms. The Hall–Kier alpha value is -3.08. The number of para-hydroxylation sites is 1. The molecule has 1 aliphatic carbocycles. The number of carbonyl (C=O) groups is 1. The molecule has 160 valence electrons. The quantitative estimate of drug-likeness (QED) is 0.477. The number of aromatic nitrogens is 3. The fraction of sp³-hybridized carbons (Fsp3) is 0.385. The summed E-state index contributed by atoms with van der Waals surface area (Å²) < 4.78 is 0. The number of anilines is 2. The molecule has 0 spiro atoms. The number of rotatable bonds is 8. The van der Waals surface area contributed by atoms with E-state index in [1.165, 1.54) is 0 Å². The van der Waals surface area contributed by atoms with Crippen molar-refractivity contribution in [2.75, 3.05) is 5.32 Å². The first-order valence-corrected chi connectivity index (χ1v) is 11.3. The maximum Gasteiger partial charge on any atom is 0.139 e. The molecular formula is C26H30N4O. The molecule has 31 heavy (non-hydrogen) atoms. The maximum atomic E-state index is 12.9. The van der Waals surface area contributed by atoms with Gasteiger partial charge in [-0.3, -0.25) is 9.78 Å². The van der Waals surface area contributed by atoms with E-state index in [2.05, 4.69) is 24.1 Å². The Morgan fingerprint density at radius 1 is 1.06 bits per heavy atom. The largest absolute Gasteiger partial charge is 0.340 e. The van der Waals surface area contributed by atoms with Crippen molar-refractivity contribution in [2.24, 2.45) is 11.8 Å². The zero-order valence-electron chi connectivity index (χ0n) is 18.3. The number of carbonyl (C=O) groups excluding carboxylic acids is 1. The molecule has 0 saturated heterocycles. The molecule has 1 fully saturated rings. The Balaban J connectivity index is 1.62. The normalized spacial score (nSPS) is 18.3. The highest BCUT2D eigenvalue weighted by Crippen LogP contribution is 2.40. The van der Waals surface area contributed by atoms with Gasteiger partial charge in [-0.1, -0.05) is 32.0 Å². The highest BCUT2D eigenvalue weighted by atomic mass is 16.1. The van der Waals surface area contributed by atoms with Crippen molar-refractivity contribution < 1.29 is 4.79 Å². The van der Waals surface area contributed by atoms with Gasteiger partial charge in [0.2, 0.25) is 0 Å². The summed E-state index contributed by atoms with van der Waals surface area (Å²) in [5, 5.41) is 3.41. The lowest BCUT2D eigenvalue weighted by molar-refractivity contribution is -0.126. The molecule has 2 heterocycles. The Morgan fingerprint density at radius 3 is 2.58 bits per heavy atom. The minimum Gasteiger partial charge on any atom is -0.340 e. The Labute approximate surface area is 184 Å². The molecule has 0 bridgehead atoms. The van der Waals surface area contributed by atoms with Crippen LogP contribution in [-0.4, -0.2) is 20.7 Å². The Morgan fingerprint density at radius 2 is 1.87 bits per heavy atom. The summed E-state index contributed by atoms with van der Waals surface area (Å²) in [6.45, 7) is 4.22. The Bertz CT molecular complexity index is 1000. The van der Waals surface area contributed by atoms with Gasteiger partial charge in [0.15, 0.2) is 0 Å². The SMILES string of the molecule is CCC(CC)C(=O)C1CCC(c2nc(Nc3ccccc3)cc(-c3cccnc3)n2)C1. The lowest BCUT2D eigenvalue weighted by Gasteiger charge is -2.17. The summed E-state index contributed by atoms with van der Waals surface area (Å²) >= 11 is 0. The van der Waals surface area contributed by atoms with E-state index in [1.54, 1.807) is 6.20 Å². The van der Waals surface area contributed by atoms with Crippen molar-refractivity contribution in [3.63, 3.8) is 0 Å². The van der Waals surface area contributed by atoms with Gasteiger partial charge in [-0.25, -0.2) is 9.97 Å². The first kappa shape index (κ1) is 21.2. The number of ketones is 1. The number of hydrogen-bond acceptors (Lipinski definition) is 5. The molecule has 0 aliphatic heterocycles. The molecule has 1 saturated carbocycles. The van der Waals surface area contributed by atoms with E-state index in [-0.39, 0.29) is 17.8 Å². The zero-order chi connectivity index (χ0) is 21.6. The molecule has 0 amide bonds. The van der Waals surface area contributed by atoms with Gasteiger partial charge in [0.1, 0.15) is 17.4 Å². The number of hydrogen-bond donors (Lipinski definition) is 1. The van der Waals surface area contributed by atoms with Crippen LogP contribution < -0.4 is 5.32 Å². The van der Waals surface area contributed by atoms with E-state index < -0.39 is 0 Å². The average Bonchev–Trinajstić information content (AvgIpc) is 3.31. The van der Waals surface area contributed by atoms with Crippen LogP contribution in [0.1, 0.15) is 57.7 Å². The highest BCUT2D eigenvalue weighted by Gasteiger charge is 2.34. The minimum absolute atomic E-state index is 0.131. The first-order valence-electron chi connectivity index (χ1n) is 11.3. The highest BCUT2D eigenvalue weighted by molar-refractivity contribution is 5.83. The molecule has 5 nitrogen and oxygen atoms in total. The summed E-state index contributed by atoms with van der Waals surface area (Å²) in [7, 11) is 0. The molecule has 3 aromatic rings. The van der Waals surface area contributed by atoms with Gasteiger partial charge < -0.3 is 5.32 Å². The third-order valence-electron chi connectivity index (χ3n) is 6.34. The van der Waals surface area contributed by atoms with Crippen molar-refractivity contribution in [3.05, 3.63) is 66.7 Å². The summed E-state index contributed by atoms with van der Waals surface area (Å²) in [5.74, 6) is 2.53. The van der Waals surface area contributed by atoms with Crippen LogP contribution in [0.15, 0.2) is 60.9 Å². The predicted molar refractivity (Wildman–Crippen MR) is 124 cm³/mol. The van der Waals surface area contributed by atoms with Gasteiger partial charge in [-0.2, -0.15) is 0 Å². The average molecular weight is 415 g/mol. The summed E-state index contributed by atoms with van der Waals surface area (Å²) in [4.78, 5) is 26.9. The van der Waals surface area contributed by atoms with E-state index in [4.69, 9.17) is 9.97 Å². The molecule has 4 rings (SSSR count). The van der Waals surface area contributed by atoms with Gasteiger partial charge in [0.05, 0.1) is 5.69 Å². The zero-order valence-corrected chi connectivity index (χ0v) is 18.3. The third kappa shape index (κ3) is 4.98. The maximum absolute atomic E-state index is 12.9. The third-order valence-corrected chi connectivity index (χ3v) is 6.34. The van der Waals surface area contributed by atoms with Gasteiger partial charge in [0, 0.05) is 47.5 Å². The smallest absolute Gasteiger partial charge is 0.139 e. The number of benzene rings is 1. The van der Waals surface area contributed by atoms with Crippen LogP contribution in [-0.2, 0) is 4.79 Å². The molecule has 0 radical (unpaired) electrons. The van der Waals surface area contributed by atoms with Crippen molar-refractivity contribution in [1.29, 1.82) is 0 Å². The monoisotopic (exact) mass is 414 g/mol. The molecule has 1 N–H and O–H groups in total. The van der Waals surface area contributed by atoms with E-state index >= 15 is 0 Å². The van der Waals surface area contributed by atoms with Crippen molar-refractivity contribution >= 4 is 17.3 Å². The van der Waals surface area contributed by atoms with Crippen LogP contribution in [0, 0.1) is 11.8 Å². The van der Waals surface area contributed by atoms with E-state index in [1.807, 2.05) is 54.7 Å². The fourth-order valence-corrected chi connectivity index (χ4v) is 4.54. The molecular weight excluding hydrogens is 384 g/mol. The van der Waals surface area contributed by atoms with E-state index in [0.29, 0.717) is 5.78 Å². The molecule has 1 aliphatic rings. The molecule has 2 unspecified atom stereocenters. The van der Waals surface area contributed by atoms with Crippen LogP contribution >= 0.6 is 0 Å². The number of Topliss-reactive ketones (excluding diaryl/α,β-unsaturated/α-hetero) is 1. The topological polar surface area (TPSA) is 67.8 Å². The number of nitrogens with zero attached hydrogens (tertiary/aromatic N) is 3. The van der Waals surface area contributed by atoms with Crippen molar-refractivity contribution in [3.8, 4) is 11.3 Å². The molecule has 2 atom stereocenters. The fourth-order valence-electron chi connectivity index (χ4n) is 4.54. The Kier molecular flexibility index (Phi) is 6.70. The van der Waals surface area contributed by atoms with Gasteiger partial charge in [-0.05, 0) is 56.4 Å². The van der Waals surface area contributed by atoms with Crippen LogP contribution in [0.25, 0.3) is 11.3 Å². The summed E-state index contributed by atoms with van der Waals surface area (Å²) in [6, 6.07) is 15.9. The number of nitrogens with one attached hydrogen (secondary N) is 1. The van der Waals surface area contributed by atoms with Crippen LogP contribution in [0.4, 0.5) is 11.5 Å². The molecule has 1 aromatic carbocycles. The standard InChI is InChI=1S/C26H30N4O/c1-3-18(4-2)25(31)19-12-13-20(15-19)26-29-23(21-9-8-14-27-17-21)16-24(30-26)28-22-10-6-5-7-11-22/h5-11,14,16-20H,3-4,12-13,15H2,1-2H3,(H,28,29,30). The lowest BCUT2D eigenvalue weighted by atomic mass is 9.87. The van der Waals surface area contributed by atoms with Gasteiger partial charge in [-0.15, -0.1) is 0 Å². The van der Waals surface area contributed by atoms with E-state index in [0.717, 1.165) is 60.7 Å². The number of pyridine rings is 1. The van der Waals surface area contributed by atoms with Gasteiger partial charge >= 0.3 is 0 Å². The summed E-state index contributed by atoms with van der Waals surface area (Å²) in [5.41, 5.74) is 2.80. The predicted octanol–water partition coefficient (Wildman–Crippen LogP) is 6.17. The van der Waals surface area contributed by atoms with Crippen molar-refractivity contribution in [1.82, 2.24) is 15.0 Å². The first-order chi connectivity index (χ1) is 15.2. The second-order valence-corrected chi connectivity index (χ2v) is 8.35. The minimum atomic E-state index is 0.131. The van der Waals surface area contributed by atoms with Crippen LogP contribution in [0.5, 0.6) is 0 Å². The second kappa shape index (κ2) is 9.82. The van der Waals surface area contributed by atoms with Crippen LogP contribution in [0.2, 0.25) is 0 Å². The van der Waals surface area contributed by atoms with Crippen LogP contribution in [0.3, 0.4) is 0 Å². The van der Waals surface area contributed by atoms with Gasteiger partial charge in [0.25, 0.3) is 0 Å². The lowest BCUT2D eigenvalue weighted by Crippen LogP contribution is -2.21.